The second kappa shape index (κ2) is 5.39. The Balaban J connectivity index is 2.26. The minimum Gasteiger partial charge on any atom is -0.479 e. The summed E-state index contributed by atoms with van der Waals surface area (Å²) in [6.45, 7) is 7.77. The number of carboxylic acid groups (broad SMARTS) is 1. The Bertz CT molecular complexity index is 608. The molecular formula is C15H23N3O4. The van der Waals surface area contributed by atoms with Crippen molar-refractivity contribution in [2.75, 3.05) is 6.61 Å². The van der Waals surface area contributed by atoms with Crippen LogP contribution in [0.3, 0.4) is 0 Å². The summed E-state index contributed by atoms with van der Waals surface area (Å²) in [6.07, 6.45) is 0.0633. The fourth-order valence-corrected chi connectivity index (χ4v) is 3.12. The molecule has 7 heteroatoms. The zero-order valence-corrected chi connectivity index (χ0v) is 13.6. The Morgan fingerprint density at radius 3 is 2.59 bits per heavy atom. The van der Waals surface area contributed by atoms with E-state index in [2.05, 4.69) is 10.4 Å². The van der Waals surface area contributed by atoms with Crippen LogP contribution in [0.4, 0.5) is 0 Å². The molecule has 0 radical (unpaired) electrons. The number of aliphatic carboxylic acids is 1. The number of ether oxygens (including phenoxy) is 1. The molecule has 2 unspecified atom stereocenters. The zero-order chi connectivity index (χ0) is 16.7. The smallest absolute Gasteiger partial charge is 0.330 e. The van der Waals surface area contributed by atoms with Gasteiger partial charge in [0.15, 0.2) is 0 Å². The van der Waals surface area contributed by atoms with E-state index in [4.69, 9.17) is 4.74 Å². The maximum absolute atomic E-state index is 12.5. The Hall–Kier alpha value is -1.89. The third kappa shape index (κ3) is 2.29. The number of nitrogens with zero attached hydrogens (tertiary/aromatic N) is 2. The Morgan fingerprint density at radius 1 is 1.55 bits per heavy atom. The van der Waals surface area contributed by atoms with Crippen molar-refractivity contribution in [2.24, 2.45) is 12.5 Å². The van der Waals surface area contributed by atoms with Crippen LogP contribution in [0.1, 0.15) is 43.4 Å². The lowest BCUT2D eigenvalue weighted by Gasteiger charge is -2.58. The first-order valence-electron chi connectivity index (χ1n) is 7.34. The van der Waals surface area contributed by atoms with Gasteiger partial charge in [0, 0.05) is 25.5 Å². The first kappa shape index (κ1) is 16.5. The summed E-state index contributed by atoms with van der Waals surface area (Å²) in [4.78, 5) is 24.3. The van der Waals surface area contributed by atoms with Crippen molar-refractivity contribution >= 4 is 11.9 Å². The molecule has 1 heterocycles. The monoisotopic (exact) mass is 309 g/mol. The molecule has 1 saturated carbocycles. The van der Waals surface area contributed by atoms with Gasteiger partial charge >= 0.3 is 5.97 Å². The summed E-state index contributed by atoms with van der Waals surface area (Å²) in [6, 6.07) is 1.64. The van der Waals surface area contributed by atoms with Crippen molar-refractivity contribution in [3.63, 3.8) is 0 Å². The summed E-state index contributed by atoms with van der Waals surface area (Å²) < 4.78 is 7.03. The molecule has 1 aliphatic carbocycles. The van der Waals surface area contributed by atoms with Crippen LogP contribution in [0.2, 0.25) is 0 Å². The highest BCUT2D eigenvalue weighted by Gasteiger charge is 2.66. The molecule has 1 aliphatic rings. The second-order valence-electron chi connectivity index (χ2n) is 6.33. The Labute approximate surface area is 129 Å². The van der Waals surface area contributed by atoms with Crippen molar-refractivity contribution in [1.82, 2.24) is 15.1 Å². The van der Waals surface area contributed by atoms with Gasteiger partial charge in [-0.3, -0.25) is 9.48 Å². The number of rotatable bonds is 5. The summed E-state index contributed by atoms with van der Waals surface area (Å²) in [7, 11) is 1.66. The summed E-state index contributed by atoms with van der Waals surface area (Å²) in [5.41, 5.74) is -0.980. The van der Waals surface area contributed by atoms with Gasteiger partial charge in [-0.1, -0.05) is 13.8 Å². The van der Waals surface area contributed by atoms with E-state index in [1.807, 2.05) is 6.92 Å². The molecule has 1 fully saturated rings. The third-order valence-electron chi connectivity index (χ3n) is 4.69. The van der Waals surface area contributed by atoms with Crippen molar-refractivity contribution in [3.05, 3.63) is 17.5 Å². The standard InChI is InChI=1S/C15H23N3O4/c1-6-22-11-8-15(13(20)21,14(11,3)4)16-12(19)10-7-9(2)17-18(10)5/h7,11H,6,8H2,1-5H3,(H,16,19)(H,20,21). The molecule has 0 spiro atoms. The molecule has 22 heavy (non-hydrogen) atoms. The van der Waals surface area contributed by atoms with E-state index in [9.17, 15) is 14.7 Å². The van der Waals surface area contributed by atoms with Crippen LogP contribution in [-0.4, -0.2) is 45.0 Å². The van der Waals surface area contributed by atoms with E-state index in [1.165, 1.54) is 4.68 Å². The van der Waals surface area contributed by atoms with Gasteiger partial charge in [-0.25, -0.2) is 4.79 Å². The van der Waals surface area contributed by atoms with E-state index in [-0.39, 0.29) is 12.5 Å². The van der Waals surface area contributed by atoms with Gasteiger partial charge in [-0.2, -0.15) is 5.10 Å². The number of amides is 1. The molecule has 2 atom stereocenters. The Morgan fingerprint density at radius 2 is 2.18 bits per heavy atom. The number of carbonyl (C=O) groups is 2. The summed E-state index contributed by atoms with van der Waals surface area (Å²) in [5.74, 6) is -1.48. The van der Waals surface area contributed by atoms with Gasteiger partial charge in [-0.15, -0.1) is 0 Å². The summed E-state index contributed by atoms with van der Waals surface area (Å²) in [5, 5.41) is 16.5. The number of nitrogens with one attached hydrogen (secondary N) is 1. The second-order valence-corrected chi connectivity index (χ2v) is 6.33. The van der Waals surface area contributed by atoms with Gasteiger partial charge in [0.1, 0.15) is 11.2 Å². The molecule has 0 saturated heterocycles. The lowest BCUT2D eigenvalue weighted by Crippen LogP contribution is -2.76. The van der Waals surface area contributed by atoms with Crippen LogP contribution in [0.15, 0.2) is 6.07 Å². The zero-order valence-electron chi connectivity index (χ0n) is 13.6. The molecule has 122 valence electrons. The molecule has 1 aromatic rings. The van der Waals surface area contributed by atoms with Crippen LogP contribution >= 0.6 is 0 Å². The quantitative estimate of drug-likeness (QED) is 0.850. The van der Waals surface area contributed by atoms with E-state index in [1.54, 1.807) is 33.9 Å². The highest BCUT2D eigenvalue weighted by molar-refractivity contribution is 5.97. The van der Waals surface area contributed by atoms with E-state index in [0.29, 0.717) is 18.0 Å². The highest BCUT2D eigenvalue weighted by atomic mass is 16.5. The predicted molar refractivity (Wildman–Crippen MR) is 79.6 cm³/mol. The molecule has 1 aromatic heterocycles. The first-order chi connectivity index (χ1) is 10.2. The first-order valence-corrected chi connectivity index (χ1v) is 7.34. The molecule has 2 rings (SSSR count). The minimum absolute atomic E-state index is 0.192. The number of carbonyl (C=O) groups excluding carboxylic acids is 1. The number of aromatic nitrogens is 2. The fraction of sp³-hybridized carbons (Fsp3) is 0.667. The molecule has 2 N–H and O–H groups in total. The van der Waals surface area contributed by atoms with Crippen LogP contribution in [0.5, 0.6) is 0 Å². The van der Waals surface area contributed by atoms with Crippen LogP contribution < -0.4 is 5.32 Å². The fourth-order valence-electron chi connectivity index (χ4n) is 3.12. The normalized spacial score (nSPS) is 26.3. The van der Waals surface area contributed by atoms with Gasteiger partial charge in [-0.05, 0) is 19.9 Å². The van der Waals surface area contributed by atoms with E-state index >= 15 is 0 Å². The number of aryl methyl sites for hydroxylation is 2. The topological polar surface area (TPSA) is 93.5 Å². The lowest BCUT2D eigenvalue weighted by atomic mass is 9.54. The van der Waals surface area contributed by atoms with Crippen LogP contribution in [0, 0.1) is 12.3 Å². The number of hydrogen-bond donors (Lipinski definition) is 2. The molecular weight excluding hydrogens is 286 g/mol. The van der Waals surface area contributed by atoms with Crippen LogP contribution in [0.25, 0.3) is 0 Å². The van der Waals surface area contributed by atoms with Crippen molar-refractivity contribution in [3.8, 4) is 0 Å². The van der Waals surface area contributed by atoms with Crippen molar-refractivity contribution in [2.45, 2.75) is 45.8 Å². The molecule has 0 aromatic carbocycles. The maximum Gasteiger partial charge on any atom is 0.330 e. The van der Waals surface area contributed by atoms with Gasteiger partial charge < -0.3 is 15.2 Å². The number of carboxylic acids is 1. The predicted octanol–water partition coefficient (Wildman–Crippen LogP) is 1.12. The van der Waals surface area contributed by atoms with Crippen molar-refractivity contribution in [1.29, 1.82) is 0 Å². The Kier molecular flexibility index (Phi) is 4.04. The highest BCUT2D eigenvalue weighted by Crippen LogP contribution is 2.51. The SMILES string of the molecule is CCOC1CC(NC(=O)c2cc(C)nn2C)(C(=O)O)C1(C)C. The van der Waals surface area contributed by atoms with E-state index < -0.39 is 22.8 Å². The lowest BCUT2D eigenvalue weighted by molar-refractivity contribution is -0.190. The summed E-state index contributed by atoms with van der Waals surface area (Å²) >= 11 is 0. The third-order valence-corrected chi connectivity index (χ3v) is 4.69. The van der Waals surface area contributed by atoms with Crippen molar-refractivity contribution < 1.29 is 19.4 Å². The minimum atomic E-state index is -1.33. The molecule has 0 aliphatic heterocycles. The molecule has 1 amide bonds. The maximum atomic E-state index is 12.5. The average Bonchev–Trinajstić information content (AvgIpc) is 2.75. The van der Waals surface area contributed by atoms with Gasteiger partial charge in [0.05, 0.1) is 11.8 Å². The number of hydrogen-bond acceptors (Lipinski definition) is 4. The molecule has 0 bridgehead atoms. The largest absolute Gasteiger partial charge is 0.479 e. The van der Waals surface area contributed by atoms with Gasteiger partial charge in [0.2, 0.25) is 0 Å². The van der Waals surface area contributed by atoms with E-state index in [0.717, 1.165) is 0 Å². The average molecular weight is 309 g/mol. The molecule has 7 nitrogen and oxygen atoms in total. The van der Waals surface area contributed by atoms with Crippen LogP contribution in [-0.2, 0) is 16.6 Å². The van der Waals surface area contributed by atoms with Gasteiger partial charge in [0.25, 0.3) is 5.91 Å².